The lowest BCUT2D eigenvalue weighted by Crippen LogP contribution is -2.38. The second-order valence-electron chi connectivity index (χ2n) is 8.06. The van der Waals surface area contributed by atoms with Gasteiger partial charge in [-0.3, -0.25) is 9.69 Å². The molecule has 6 nitrogen and oxygen atoms in total. The van der Waals surface area contributed by atoms with Gasteiger partial charge in [0.1, 0.15) is 17.3 Å². The highest BCUT2D eigenvalue weighted by atomic mass is 16.5. The third kappa shape index (κ3) is 4.54. The predicted octanol–water partition coefficient (Wildman–Crippen LogP) is 4.48. The molecular formula is C25H30N2O4. The van der Waals surface area contributed by atoms with Gasteiger partial charge in [0, 0.05) is 5.69 Å². The molecule has 1 fully saturated rings. The number of ether oxygens (including phenoxy) is 1. The van der Waals surface area contributed by atoms with Gasteiger partial charge < -0.3 is 18.8 Å². The summed E-state index contributed by atoms with van der Waals surface area (Å²) < 4.78 is 12.7. The van der Waals surface area contributed by atoms with Gasteiger partial charge in [0.25, 0.3) is 5.56 Å². The zero-order valence-electron chi connectivity index (χ0n) is 18.2. The number of piperidine rings is 1. The molecular weight excluding hydrogens is 392 g/mol. The van der Waals surface area contributed by atoms with Crippen LogP contribution in [0.4, 0.5) is 0 Å². The maximum absolute atomic E-state index is 13.7. The minimum Gasteiger partial charge on any atom is -0.507 e. The number of hydrogen-bond acceptors (Lipinski definition) is 5. The minimum atomic E-state index is -0.313. The molecule has 164 valence electrons. The zero-order valence-corrected chi connectivity index (χ0v) is 18.2. The van der Waals surface area contributed by atoms with Crippen LogP contribution in [-0.2, 0) is 6.54 Å². The Morgan fingerprint density at radius 3 is 2.52 bits per heavy atom. The molecule has 1 atom stereocenters. The Balaban J connectivity index is 1.81. The van der Waals surface area contributed by atoms with Crippen molar-refractivity contribution in [2.45, 2.75) is 45.7 Å². The van der Waals surface area contributed by atoms with Crippen LogP contribution >= 0.6 is 0 Å². The lowest BCUT2D eigenvalue weighted by molar-refractivity contribution is 0.183. The average Bonchev–Trinajstić information content (AvgIpc) is 3.29. The van der Waals surface area contributed by atoms with Crippen LogP contribution in [0.25, 0.3) is 0 Å². The number of rotatable bonds is 7. The van der Waals surface area contributed by atoms with Gasteiger partial charge in [0.2, 0.25) is 0 Å². The summed E-state index contributed by atoms with van der Waals surface area (Å²) in [5, 5.41) is 10.9. The largest absolute Gasteiger partial charge is 0.507 e. The van der Waals surface area contributed by atoms with Crippen LogP contribution in [0.5, 0.6) is 11.5 Å². The first-order chi connectivity index (χ1) is 15.1. The molecule has 1 N–H and O–H groups in total. The van der Waals surface area contributed by atoms with Gasteiger partial charge in [0.15, 0.2) is 0 Å². The van der Waals surface area contributed by atoms with Crippen molar-refractivity contribution in [2.75, 3.05) is 19.7 Å². The third-order valence-electron chi connectivity index (χ3n) is 5.95. The number of pyridine rings is 1. The van der Waals surface area contributed by atoms with Crippen LogP contribution in [-0.4, -0.2) is 34.3 Å². The van der Waals surface area contributed by atoms with Gasteiger partial charge >= 0.3 is 0 Å². The number of hydrogen-bond donors (Lipinski definition) is 1. The fourth-order valence-electron chi connectivity index (χ4n) is 4.43. The minimum absolute atomic E-state index is 0.0441. The molecule has 1 aromatic carbocycles. The van der Waals surface area contributed by atoms with E-state index in [4.69, 9.17) is 9.15 Å². The first-order valence-corrected chi connectivity index (χ1v) is 11.0. The number of nitrogens with zero attached hydrogens (tertiary/aromatic N) is 2. The van der Waals surface area contributed by atoms with E-state index < -0.39 is 0 Å². The molecule has 0 radical (unpaired) electrons. The summed E-state index contributed by atoms with van der Waals surface area (Å²) in [4.78, 5) is 16.0. The van der Waals surface area contributed by atoms with E-state index in [2.05, 4.69) is 4.90 Å². The van der Waals surface area contributed by atoms with E-state index in [1.807, 2.05) is 50.2 Å². The van der Waals surface area contributed by atoms with E-state index in [0.717, 1.165) is 37.2 Å². The summed E-state index contributed by atoms with van der Waals surface area (Å²) in [7, 11) is 0. The highest BCUT2D eigenvalue weighted by Crippen LogP contribution is 2.35. The summed E-state index contributed by atoms with van der Waals surface area (Å²) in [6, 6.07) is 12.9. The molecule has 31 heavy (non-hydrogen) atoms. The second-order valence-corrected chi connectivity index (χ2v) is 8.06. The van der Waals surface area contributed by atoms with E-state index in [1.54, 1.807) is 16.9 Å². The van der Waals surface area contributed by atoms with Crippen molar-refractivity contribution in [2.24, 2.45) is 0 Å². The van der Waals surface area contributed by atoms with Crippen molar-refractivity contribution in [3.05, 3.63) is 81.7 Å². The Morgan fingerprint density at radius 1 is 1.13 bits per heavy atom. The smallest absolute Gasteiger partial charge is 0.260 e. The van der Waals surface area contributed by atoms with Gasteiger partial charge in [-0.2, -0.15) is 0 Å². The van der Waals surface area contributed by atoms with Crippen LogP contribution in [0.1, 0.15) is 54.8 Å². The van der Waals surface area contributed by atoms with Gasteiger partial charge in [-0.05, 0) is 75.7 Å². The first kappa shape index (κ1) is 21.2. The number of aryl methyl sites for hydroxylation is 1. The van der Waals surface area contributed by atoms with Gasteiger partial charge in [0.05, 0.1) is 31.0 Å². The molecule has 2 aromatic heterocycles. The van der Waals surface area contributed by atoms with E-state index in [0.29, 0.717) is 30.2 Å². The standard InChI is InChI=1S/C25H30N2O4/c1-3-30-20-11-9-19(10-12-20)24(26-13-5-4-6-14-26)23-22(28)16-18(2)27(25(23)29)17-21-8-7-15-31-21/h7-12,15-16,24,28H,3-6,13-14,17H2,1-2H3. The SMILES string of the molecule is CCOc1ccc(C(c2c(O)cc(C)n(Cc3ccco3)c2=O)N2CCCCC2)cc1. The first-order valence-electron chi connectivity index (χ1n) is 11.0. The molecule has 0 spiro atoms. The van der Waals surface area contributed by atoms with Crippen LogP contribution in [0.2, 0.25) is 0 Å². The molecule has 0 aliphatic carbocycles. The molecule has 0 bridgehead atoms. The third-order valence-corrected chi connectivity index (χ3v) is 5.95. The Bertz CT molecular complexity index is 1050. The Morgan fingerprint density at radius 2 is 1.87 bits per heavy atom. The molecule has 1 saturated heterocycles. The van der Waals surface area contributed by atoms with Crippen molar-refractivity contribution in [1.82, 2.24) is 9.47 Å². The van der Waals surface area contributed by atoms with Gasteiger partial charge in [-0.15, -0.1) is 0 Å². The predicted molar refractivity (Wildman–Crippen MR) is 120 cm³/mol. The van der Waals surface area contributed by atoms with E-state index in [9.17, 15) is 9.90 Å². The van der Waals surface area contributed by atoms with Crippen LogP contribution in [0.3, 0.4) is 0 Å². The maximum Gasteiger partial charge on any atom is 0.260 e. The van der Waals surface area contributed by atoms with Crippen molar-refractivity contribution >= 4 is 0 Å². The monoisotopic (exact) mass is 422 g/mol. The summed E-state index contributed by atoms with van der Waals surface area (Å²) >= 11 is 0. The van der Waals surface area contributed by atoms with Crippen molar-refractivity contribution in [3.8, 4) is 11.5 Å². The highest BCUT2D eigenvalue weighted by molar-refractivity contribution is 5.42. The summed E-state index contributed by atoms with van der Waals surface area (Å²) in [6.45, 7) is 6.51. The quantitative estimate of drug-likeness (QED) is 0.608. The Kier molecular flexibility index (Phi) is 6.47. The molecule has 0 amide bonds. The van der Waals surface area contributed by atoms with Crippen molar-refractivity contribution in [3.63, 3.8) is 0 Å². The van der Waals surface area contributed by atoms with Crippen LogP contribution < -0.4 is 10.3 Å². The van der Waals surface area contributed by atoms with E-state index in [-0.39, 0.29) is 17.4 Å². The fourth-order valence-corrected chi connectivity index (χ4v) is 4.43. The van der Waals surface area contributed by atoms with Gasteiger partial charge in [-0.25, -0.2) is 0 Å². The second kappa shape index (κ2) is 9.43. The molecule has 1 unspecified atom stereocenters. The molecule has 6 heteroatoms. The zero-order chi connectivity index (χ0) is 21.8. The van der Waals surface area contributed by atoms with E-state index >= 15 is 0 Å². The molecule has 3 aromatic rings. The normalized spacial score (nSPS) is 15.7. The molecule has 4 rings (SSSR count). The van der Waals surface area contributed by atoms with Crippen LogP contribution in [0.15, 0.2) is 57.9 Å². The summed E-state index contributed by atoms with van der Waals surface area (Å²) in [5.74, 6) is 1.55. The van der Waals surface area contributed by atoms with Crippen LogP contribution in [0, 0.1) is 6.92 Å². The summed E-state index contributed by atoms with van der Waals surface area (Å²) in [6.07, 6.45) is 4.96. The van der Waals surface area contributed by atoms with Crippen molar-refractivity contribution in [1.29, 1.82) is 0 Å². The average molecular weight is 423 g/mol. The summed E-state index contributed by atoms with van der Waals surface area (Å²) in [5.41, 5.74) is 1.92. The van der Waals surface area contributed by atoms with E-state index in [1.165, 1.54) is 6.42 Å². The topological polar surface area (TPSA) is 67.8 Å². The number of furan rings is 1. The maximum atomic E-state index is 13.7. The Hall–Kier alpha value is -2.99. The number of aromatic nitrogens is 1. The molecule has 3 heterocycles. The number of aromatic hydroxyl groups is 1. The fraction of sp³-hybridized carbons (Fsp3) is 0.400. The van der Waals surface area contributed by atoms with Crippen molar-refractivity contribution < 1.29 is 14.3 Å². The Labute approximate surface area is 182 Å². The number of benzene rings is 1. The lowest BCUT2D eigenvalue weighted by Gasteiger charge is -2.35. The van der Waals surface area contributed by atoms with Gasteiger partial charge in [-0.1, -0.05) is 18.6 Å². The lowest BCUT2D eigenvalue weighted by atomic mass is 9.94. The number of likely N-dealkylation sites (tertiary alicyclic amines) is 1. The molecule has 0 saturated carbocycles. The highest BCUT2D eigenvalue weighted by Gasteiger charge is 2.30. The molecule has 1 aliphatic rings. The molecule has 1 aliphatic heterocycles.